The van der Waals surface area contributed by atoms with Crippen molar-refractivity contribution in [3.63, 3.8) is 0 Å². The van der Waals surface area contributed by atoms with Crippen LogP contribution >= 0.6 is 0 Å². The van der Waals surface area contributed by atoms with Crippen LogP contribution in [-0.4, -0.2) is 71.4 Å². The van der Waals surface area contributed by atoms with Gasteiger partial charge in [0.2, 0.25) is 0 Å². The summed E-state index contributed by atoms with van der Waals surface area (Å²) in [6.07, 6.45) is 4.02. The molecule has 21 heavy (non-hydrogen) atoms. The molecule has 1 saturated heterocycles. The average Bonchev–Trinajstić information content (AvgIpc) is 3.17. The molecular weight excluding hydrogens is 294 g/mol. The lowest BCUT2D eigenvalue weighted by Crippen LogP contribution is -2.48. The maximum Gasteiger partial charge on any atom is 0.279 e. The summed E-state index contributed by atoms with van der Waals surface area (Å²) in [5, 5.41) is 3.38. The Morgan fingerprint density at radius 3 is 2.76 bits per heavy atom. The Morgan fingerprint density at radius 1 is 1.43 bits per heavy atom. The number of hydrogen-bond acceptors (Lipinski definition) is 5. The highest BCUT2D eigenvalue weighted by Gasteiger charge is 2.36. The summed E-state index contributed by atoms with van der Waals surface area (Å²) in [7, 11) is -0.266. The maximum atomic E-state index is 12.2. The molecule has 0 aromatic heterocycles. The van der Waals surface area contributed by atoms with E-state index in [9.17, 15) is 8.42 Å². The van der Waals surface area contributed by atoms with Crippen LogP contribution in [0.1, 0.15) is 25.7 Å². The van der Waals surface area contributed by atoms with Gasteiger partial charge in [-0.25, -0.2) is 0 Å². The average molecular weight is 321 g/mol. The van der Waals surface area contributed by atoms with Crippen LogP contribution in [0.2, 0.25) is 0 Å². The molecule has 8 heteroatoms. The smallest absolute Gasteiger partial charge is 0.279 e. The summed E-state index contributed by atoms with van der Waals surface area (Å²) in [4.78, 5) is 0. The van der Waals surface area contributed by atoms with Crippen molar-refractivity contribution in [2.24, 2.45) is 0 Å². The zero-order chi connectivity index (χ0) is 15.3. The van der Waals surface area contributed by atoms with E-state index in [2.05, 4.69) is 10.0 Å². The number of ether oxygens (including phenoxy) is 2. The lowest BCUT2D eigenvalue weighted by molar-refractivity contribution is -0.0122. The number of nitrogens with zero attached hydrogens (tertiary/aromatic N) is 1. The van der Waals surface area contributed by atoms with Crippen molar-refractivity contribution >= 4 is 10.2 Å². The van der Waals surface area contributed by atoms with Crippen molar-refractivity contribution in [1.82, 2.24) is 14.3 Å². The Bertz CT molecular complexity index is 419. The van der Waals surface area contributed by atoms with E-state index in [1.54, 1.807) is 14.2 Å². The predicted octanol–water partition coefficient (Wildman–Crippen LogP) is -0.300. The molecule has 0 radical (unpaired) electrons. The fraction of sp³-hybridized carbons (Fsp3) is 1.00. The fourth-order valence-electron chi connectivity index (χ4n) is 2.31. The van der Waals surface area contributed by atoms with Crippen LogP contribution in [0.3, 0.4) is 0 Å². The van der Waals surface area contributed by atoms with Crippen molar-refractivity contribution in [3.8, 4) is 0 Å². The van der Waals surface area contributed by atoms with Crippen molar-refractivity contribution < 1.29 is 17.9 Å². The third kappa shape index (κ3) is 5.15. The van der Waals surface area contributed by atoms with Crippen LogP contribution in [0.4, 0.5) is 0 Å². The molecule has 2 aliphatic rings. The minimum Gasteiger partial charge on any atom is -0.378 e. The largest absolute Gasteiger partial charge is 0.378 e. The Balaban J connectivity index is 1.71. The molecule has 0 aromatic rings. The van der Waals surface area contributed by atoms with Gasteiger partial charge in [0.05, 0.1) is 6.61 Å². The SMILES string of the molecule is COC1(CNS(=O)(=O)N(C)CCCNC2CC2)CCOC1. The molecule has 2 rings (SSSR count). The van der Waals surface area contributed by atoms with Crippen molar-refractivity contribution in [2.75, 3.05) is 47.0 Å². The molecule has 0 bridgehead atoms. The van der Waals surface area contributed by atoms with Gasteiger partial charge in [0.1, 0.15) is 5.60 Å². The van der Waals surface area contributed by atoms with E-state index in [0.717, 1.165) is 13.0 Å². The Kier molecular flexibility index (Phi) is 5.98. The predicted molar refractivity (Wildman–Crippen MR) is 80.4 cm³/mol. The third-order valence-electron chi connectivity index (χ3n) is 4.15. The molecule has 2 fully saturated rings. The molecule has 0 amide bonds. The summed E-state index contributed by atoms with van der Waals surface area (Å²) in [5.41, 5.74) is -0.526. The number of methoxy groups -OCH3 is 1. The molecule has 1 unspecified atom stereocenters. The zero-order valence-electron chi connectivity index (χ0n) is 12.9. The van der Waals surface area contributed by atoms with E-state index in [1.807, 2.05) is 0 Å². The van der Waals surface area contributed by atoms with E-state index in [4.69, 9.17) is 9.47 Å². The van der Waals surface area contributed by atoms with Crippen LogP contribution < -0.4 is 10.0 Å². The summed E-state index contributed by atoms with van der Waals surface area (Å²) in [5.74, 6) is 0. The lowest BCUT2D eigenvalue weighted by atomic mass is 10.0. The minimum atomic E-state index is -3.46. The molecule has 2 N–H and O–H groups in total. The van der Waals surface area contributed by atoms with Gasteiger partial charge in [0.15, 0.2) is 0 Å². The van der Waals surface area contributed by atoms with Crippen LogP contribution in [0.5, 0.6) is 0 Å². The second-order valence-electron chi connectivity index (χ2n) is 5.92. The van der Waals surface area contributed by atoms with Crippen molar-refractivity contribution in [3.05, 3.63) is 0 Å². The summed E-state index contributed by atoms with van der Waals surface area (Å²) in [6.45, 7) is 2.65. The van der Waals surface area contributed by atoms with E-state index in [1.165, 1.54) is 17.1 Å². The normalized spacial score (nSPS) is 26.6. The summed E-state index contributed by atoms with van der Waals surface area (Å²) in [6, 6.07) is 0.661. The van der Waals surface area contributed by atoms with E-state index in [-0.39, 0.29) is 6.54 Å². The molecule has 1 saturated carbocycles. The molecule has 1 aliphatic carbocycles. The maximum absolute atomic E-state index is 12.2. The van der Waals surface area contributed by atoms with Crippen LogP contribution in [0, 0.1) is 0 Å². The highest BCUT2D eigenvalue weighted by atomic mass is 32.2. The van der Waals surface area contributed by atoms with Crippen molar-refractivity contribution in [2.45, 2.75) is 37.3 Å². The van der Waals surface area contributed by atoms with Gasteiger partial charge >= 0.3 is 0 Å². The second-order valence-corrected chi connectivity index (χ2v) is 7.78. The van der Waals surface area contributed by atoms with E-state index < -0.39 is 15.8 Å². The van der Waals surface area contributed by atoms with Crippen molar-refractivity contribution in [1.29, 1.82) is 0 Å². The van der Waals surface area contributed by atoms with Crippen LogP contribution in [0.15, 0.2) is 0 Å². The monoisotopic (exact) mass is 321 g/mol. The molecule has 7 nitrogen and oxygen atoms in total. The van der Waals surface area contributed by atoms with Crippen LogP contribution in [0.25, 0.3) is 0 Å². The molecule has 1 heterocycles. The lowest BCUT2D eigenvalue weighted by Gasteiger charge is -2.27. The molecule has 0 spiro atoms. The van der Waals surface area contributed by atoms with Crippen LogP contribution in [-0.2, 0) is 19.7 Å². The fourth-order valence-corrected chi connectivity index (χ4v) is 3.34. The summed E-state index contributed by atoms with van der Waals surface area (Å²) >= 11 is 0. The molecule has 0 aromatic carbocycles. The first kappa shape index (κ1) is 17.1. The molecule has 1 atom stereocenters. The molecule has 1 aliphatic heterocycles. The standard InChI is InChI=1S/C13H27N3O4S/c1-16(8-3-7-14-12-4-5-12)21(17,18)15-10-13(19-2)6-9-20-11-13/h12,14-15H,3-11H2,1-2H3. The van der Waals surface area contributed by atoms with Gasteiger partial charge in [-0.15, -0.1) is 0 Å². The zero-order valence-corrected chi connectivity index (χ0v) is 13.7. The van der Waals surface area contributed by atoms with Gasteiger partial charge in [-0.05, 0) is 25.8 Å². The quantitative estimate of drug-likeness (QED) is 0.540. The minimum absolute atomic E-state index is 0.247. The Morgan fingerprint density at radius 2 is 2.19 bits per heavy atom. The molecular formula is C13H27N3O4S. The van der Waals surface area contributed by atoms with Gasteiger partial charge in [0, 0.05) is 46.3 Å². The van der Waals surface area contributed by atoms with E-state index >= 15 is 0 Å². The Hall–Kier alpha value is -0.250. The number of hydrogen-bond donors (Lipinski definition) is 2. The summed E-state index contributed by atoms with van der Waals surface area (Å²) < 4.78 is 39.1. The Labute approximate surface area is 127 Å². The van der Waals surface area contributed by atoms with Gasteiger partial charge in [0.25, 0.3) is 10.2 Å². The number of nitrogens with one attached hydrogen (secondary N) is 2. The number of rotatable bonds is 10. The van der Waals surface area contributed by atoms with Gasteiger partial charge in [-0.2, -0.15) is 17.4 Å². The highest BCUT2D eigenvalue weighted by molar-refractivity contribution is 7.87. The first-order valence-corrected chi connectivity index (χ1v) is 8.99. The highest BCUT2D eigenvalue weighted by Crippen LogP contribution is 2.22. The second kappa shape index (κ2) is 7.34. The first-order valence-electron chi connectivity index (χ1n) is 7.55. The molecule has 124 valence electrons. The van der Waals surface area contributed by atoms with Gasteiger partial charge in [-0.1, -0.05) is 0 Å². The van der Waals surface area contributed by atoms with E-state index in [0.29, 0.717) is 32.2 Å². The van der Waals surface area contributed by atoms with Gasteiger partial charge < -0.3 is 14.8 Å². The van der Waals surface area contributed by atoms with Gasteiger partial charge in [-0.3, -0.25) is 0 Å². The first-order chi connectivity index (χ1) is 9.97. The topological polar surface area (TPSA) is 79.9 Å². The third-order valence-corrected chi connectivity index (χ3v) is 5.66.